The molecule has 2 aromatic rings. The molecule has 0 fully saturated rings. The van der Waals surface area contributed by atoms with E-state index in [9.17, 15) is 9.90 Å². The lowest BCUT2D eigenvalue weighted by atomic mass is 10.1. The molecular formula is C19H23NO2S. The minimum absolute atomic E-state index is 0.0775. The number of nitrogens with one attached hydrogen (secondary N) is 1. The van der Waals surface area contributed by atoms with Gasteiger partial charge in [0.15, 0.2) is 0 Å². The van der Waals surface area contributed by atoms with Crippen molar-refractivity contribution >= 4 is 17.7 Å². The number of hydrogen-bond donors (Lipinski definition) is 2. The van der Waals surface area contributed by atoms with Crippen LogP contribution in [0.3, 0.4) is 0 Å². The molecular weight excluding hydrogens is 306 g/mol. The fourth-order valence-corrected chi connectivity index (χ4v) is 2.93. The van der Waals surface area contributed by atoms with E-state index >= 15 is 0 Å². The lowest BCUT2D eigenvalue weighted by Gasteiger charge is -2.16. The first-order valence-corrected chi connectivity index (χ1v) is 9.00. The zero-order valence-electron chi connectivity index (χ0n) is 13.4. The zero-order chi connectivity index (χ0) is 16.5. The van der Waals surface area contributed by atoms with Crippen molar-refractivity contribution in [3.63, 3.8) is 0 Å². The van der Waals surface area contributed by atoms with Crippen molar-refractivity contribution in [1.82, 2.24) is 5.32 Å². The van der Waals surface area contributed by atoms with Crippen molar-refractivity contribution in [3.05, 3.63) is 71.3 Å². The van der Waals surface area contributed by atoms with Gasteiger partial charge in [-0.25, -0.2) is 0 Å². The minimum atomic E-state index is -0.278. The van der Waals surface area contributed by atoms with Gasteiger partial charge in [0.05, 0.1) is 12.6 Å². The third kappa shape index (κ3) is 5.73. The maximum atomic E-state index is 12.3. The highest BCUT2D eigenvalue weighted by Crippen LogP contribution is 2.13. The topological polar surface area (TPSA) is 49.3 Å². The summed E-state index contributed by atoms with van der Waals surface area (Å²) in [4.78, 5) is 12.3. The summed E-state index contributed by atoms with van der Waals surface area (Å²) in [7, 11) is 0. The van der Waals surface area contributed by atoms with Crippen molar-refractivity contribution in [3.8, 4) is 0 Å². The Balaban J connectivity index is 1.93. The SMILES string of the molecule is CCSCc1ccc(C(=O)NC(CO)Cc2ccccc2)cc1. The number of aliphatic hydroxyl groups excluding tert-OH is 1. The number of benzene rings is 2. The van der Waals surface area contributed by atoms with Crippen LogP contribution in [-0.2, 0) is 12.2 Å². The lowest BCUT2D eigenvalue weighted by molar-refractivity contribution is 0.0916. The Bertz CT molecular complexity index is 599. The summed E-state index contributed by atoms with van der Waals surface area (Å²) in [5.41, 5.74) is 2.94. The summed E-state index contributed by atoms with van der Waals surface area (Å²) in [5.74, 6) is 1.90. The van der Waals surface area contributed by atoms with Crippen LogP contribution in [-0.4, -0.2) is 29.4 Å². The molecule has 0 saturated carbocycles. The molecule has 0 bridgehead atoms. The largest absolute Gasteiger partial charge is 0.394 e. The average molecular weight is 329 g/mol. The normalized spacial score (nSPS) is 11.9. The van der Waals surface area contributed by atoms with E-state index in [0.717, 1.165) is 17.1 Å². The molecule has 1 unspecified atom stereocenters. The molecule has 0 aliphatic carbocycles. The number of aliphatic hydroxyl groups is 1. The Labute approximate surface area is 142 Å². The summed E-state index contributed by atoms with van der Waals surface area (Å²) < 4.78 is 0. The monoisotopic (exact) mass is 329 g/mol. The number of carbonyl (C=O) groups excluding carboxylic acids is 1. The smallest absolute Gasteiger partial charge is 0.251 e. The molecule has 23 heavy (non-hydrogen) atoms. The molecule has 2 N–H and O–H groups in total. The Morgan fingerprint density at radius 1 is 1.09 bits per heavy atom. The van der Waals surface area contributed by atoms with Crippen molar-refractivity contribution in [2.24, 2.45) is 0 Å². The highest BCUT2D eigenvalue weighted by atomic mass is 32.2. The van der Waals surface area contributed by atoms with Crippen molar-refractivity contribution in [2.75, 3.05) is 12.4 Å². The lowest BCUT2D eigenvalue weighted by Crippen LogP contribution is -2.39. The van der Waals surface area contributed by atoms with Gasteiger partial charge in [0, 0.05) is 11.3 Å². The van der Waals surface area contributed by atoms with Crippen LogP contribution >= 0.6 is 11.8 Å². The molecule has 122 valence electrons. The van der Waals surface area contributed by atoms with Crippen LogP contribution in [0.1, 0.15) is 28.4 Å². The highest BCUT2D eigenvalue weighted by molar-refractivity contribution is 7.98. The van der Waals surface area contributed by atoms with Crippen LogP contribution in [0, 0.1) is 0 Å². The van der Waals surface area contributed by atoms with Gasteiger partial charge in [-0.05, 0) is 35.4 Å². The Morgan fingerprint density at radius 3 is 2.39 bits per heavy atom. The van der Waals surface area contributed by atoms with Gasteiger partial charge in [-0.1, -0.05) is 49.4 Å². The number of hydrogen-bond acceptors (Lipinski definition) is 3. The van der Waals surface area contributed by atoms with E-state index in [1.165, 1.54) is 5.56 Å². The Hall–Kier alpha value is -1.78. The number of thioether (sulfide) groups is 1. The molecule has 2 rings (SSSR count). The molecule has 0 spiro atoms. The predicted molar refractivity (Wildman–Crippen MR) is 96.8 cm³/mol. The van der Waals surface area contributed by atoms with Gasteiger partial charge in [-0.3, -0.25) is 4.79 Å². The van der Waals surface area contributed by atoms with Gasteiger partial charge < -0.3 is 10.4 Å². The quantitative estimate of drug-likeness (QED) is 0.781. The molecule has 0 radical (unpaired) electrons. The fraction of sp³-hybridized carbons (Fsp3) is 0.316. The van der Waals surface area contributed by atoms with E-state index in [4.69, 9.17) is 0 Å². The number of carbonyl (C=O) groups is 1. The molecule has 0 aromatic heterocycles. The maximum absolute atomic E-state index is 12.3. The van der Waals surface area contributed by atoms with Crippen LogP contribution in [0.4, 0.5) is 0 Å². The number of amides is 1. The first-order valence-electron chi connectivity index (χ1n) is 7.85. The van der Waals surface area contributed by atoms with Crippen molar-refractivity contribution in [1.29, 1.82) is 0 Å². The van der Waals surface area contributed by atoms with Crippen LogP contribution in [0.2, 0.25) is 0 Å². The molecule has 0 heterocycles. The first-order chi connectivity index (χ1) is 11.2. The first kappa shape index (κ1) is 17.6. The highest BCUT2D eigenvalue weighted by Gasteiger charge is 2.13. The predicted octanol–water partition coefficient (Wildman–Crippen LogP) is 3.27. The molecule has 2 aromatic carbocycles. The van der Waals surface area contributed by atoms with Gasteiger partial charge in [-0.2, -0.15) is 11.8 Å². The van der Waals surface area contributed by atoms with Gasteiger partial charge >= 0.3 is 0 Å². The van der Waals surface area contributed by atoms with Gasteiger partial charge in [0.1, 0.15) is 0 Å². The van der Waals surface area contributed by atoms with Crippen LogP contribution < -0.4 is 5.32 Å². The van der Waals surface area contributed by atoms with Crippen LogP contribution in [0.25, 0.3) is 0 Å². The van der Waals surface area contributed by atoms with E-state index in [1.54, 1.807) is 0 Å². The Morgan fingerprint density at radius 2 is 1.78 bits per heavy atom. The standard InChI is InChI=1S/C19H23NO2S/c1-2-23-14-16-8-10-17(11-9-16)19(22)20-18(13-21)12-15-6-4-3-5-7-15/h3-11,18,21H,2,12-14H2,1H3,(H,20,22). The van der Waals surface area contributed by atoms with Crippen molar-refractivity contribution < 1.29 is 9.90 Å². The van der Waals surface area contributed by atoms with E-state index in [1.807, 2.05) is 66.4 Å². The number of rotatable bonds is 8. The average Bonchev–Trinajstić information content (AvgIpc) is 2.60. The minimum Gasteiger partial charge on any atom is -0.394 e. The molecule has 0 aliphatic heterocycles. The second-order valence-electron chi connectivity index (χ2n) is 5.38. The van der Waals surface area contributed by atoms with Gasteiger partial charge in [-0.15, -0.1) is 0 Å². The Kier molecular flexibility index (Phi) is 7.17. The summed E-state index contributed by atoms with van der Waals surface area (Å²) in [6.07, 6.45) is 0.619. The molecule has 1 amide bonds. The molecule has 4 heteroatoms. The maximum Gasteiger partial charge on any atom is 0.251 e. The summed E-state index contributed by atoms with van der Waals surface area (Å²) >= 11 is 1.86. The molecule has 3 nitrogen and oxygen atoms in total. The van der Waals surface area contributed by atoms with Crippen molar-refractivity contribution in [2.45, 2.75) is 25.1 Å². The van der Waals surface area contributed by atoms with Gasteiger partial charge in [0.25, 0.3) is 5.91 Å². The summed E-state index contributed by atoms with van der Waals surface area (Å²) in [6, 6.07) is 17.2. The third-order valence-electron chi connectivity index (χ3n) is 3.57. The zero-order valence-corrected chi connectivity index (χ0v) is 14.2. The second-order valence-corrected chi connectivity index (χ2v) is 6.65. The van der Waals surface area contributed by atoms with Gasteiger partial charge in [0.2, 0.25) is 0 Å². The summed E-state index contributed by atoms with van der Waals surface area (Å²) in [5, 5.41) is 12.4. The molecule has 1 atom stereocenters. The van der Waals surface area contributed by atoms with Crippen LogP contribution in [0.5, 0.6) is 0 Å². The van der Waals surface area contributed by atoms with Crippen LogP contribution in [0.15, 0.2) is 54.6 Å². The second kappa shape index (κ2) is 9.38. The molecule has 0 aliphatic rings. The summed E-state index contributed by atoms with van der Waals surface area (Å²) in [6.45, 7) is 2.06. The van der Waals surface area contributed by atoms with E-state index in [2.05, 4.69) is 12.2 Å². The van der Waals surface area contributed by atoms with E-state index in [0.29, 0.717) is 12.0 Å². The van der Waals surface area contributed by atoms with E-state index in [-0.39, 0.29) is 18.6 Å². The van der Waals surface area contributed by atoms with E-state index < -0.39 is 0 Å². The third-order valence-corrected chi connectivity index (χ3v) is 4.52. The molecule has 0 saturated heterocycles. The fourth-order valence-electron chi connectivity index (χ4n) is 2.30.